The van der Waals surface area contributed by atoms with Gasteiger partial charge >= 0.3 is 0 Å². The summed E-state index contributed by atoms with van der Waals surface area (Å²) >= 11 is 0. The smallest absolute Gasteiger partial charge is 0.0890 e. The normalized spacial score (nSPS) is 20.5. The number of nitrogens with zero attached hydrogens (tertiary/aromatic N) is 1. The highest BCUT2D eigenvalue weighted by Gasteiger charge is 2.26. The number of pyridine rings is 1. The highest BCUT2D eigenvalue weighted by molar-refractivity contribution is 5.36. The first-order chi connectivity index (χ1) is 8.11. The van der Waals surface area contributed by atoms with Gasteiger partial charge in [-0.2, -0.15) is 0 Å². The van der Waals surface area contributed by atoms with Crippen LogP contribution in [0.1, 0.15) is 62.8 Å². The second kappa shape index (κ2) is 5.18. The lowest BCUT2D eigenvalue weighted by Gasteiger charge is -2.24. The minimum absolute atomic E-state index is 0.561. The molecule has 1 aliphatic rings. The third kappa shape index (κ3) is 2.52. The second-order valence-corrected chi connectivity index (χ2v) is 5.61. The van der Waals surface area contributed by atoms with E-state index in [9.17, 15) is 0 Å². The molecule has 0 aliphatic carbocycles. The Kier molecular flexibility index (Phi) is 3.82. The molecular weight excluding hydrogens is 210 g/mol. The lowest BCUT2D eigenvalue weighted by molar-refractivity contribution is 0.117. The SMILES string of the molecule is CC(C)c1ccnc2c1C(C(C)C)CCOC2. The summed E-state index contributed by atoms with van der Waals surface area (Å²) in [5.41, 5.74) is 4.08. The summed E-state index contributed by atoms with van der Waals surface area (Å²) in [6.45, 7) is 10.7. The fourth-order valence-corrected chi connectivity index (χ4v) is 2.77. The first-order valence-corrected chi connectivity index (χ1v) is 6.66. The fraction of sp³-hybridized carbons (Fsp3) is 0.667. The molecule has 1 aliphatic heterocycles. The van der Waals surface area contributed by atoms with Crippen molar-refractivity contribution in [1.29, 1.82) is 0 Å². The minimum Gasteiger partial charge on any atom is -0.375 e. The van der Waals surface area contributed by atoms with Crippen molar-refractivity contribution in [3.8, 4) is 0 Å². The zero-order chi connectivity index (χ0) is 12.4. The van der Waals surface area contributed by atoms with Crippen LogP contribution in [0, 0.1) is 5.92 Å². The topological polar surface area (TPSA) is 22.1 Å². The monoisotopic (exact) mass is 233 g/mol. The molecule has 0 saturated heterocycles. The van der Waals surface area contributed by atoms with E-state index in [-0.39, 0.29) is 0 Å². The summed E-state index contributed by atoms with van der Waals surface area (Å²) in [5.74, 6) is 1.81. The number of fused-ring (bicyclic) bond motifs is 1. The predicted octanol–water partition coefficient (Wildman–Crippen LogP) is 3.86. The number of hydrogen-bond acceptors (Lipinski definition) is 2. The van der Waals surface area contributed by atoms with E-state index < -0.39 is 0 Å². The molecule has 0 fully saturated rings. The van der Waals surface area contributed by atoms with Crippen molar-refractivity contribution >= 4 is 0 Å². The van der Waals surface area contributed by atoms with E-state index in [0.29, 0.717) is 24.4 Å². The Morgan fingerprint density at radius 3 is 2.71 bits per heavy atom. The summed E-state index contributed by atoms with van der Waals surface area (Å²) in [6.07, 6.45) is 3.05. The van der Waals surface area contributed by atoms with Crippen LogP contribution in [0.15, 0.2) is 12.3 Å². The molecule has 2 rings (SSSR count). The summed E-state index contributed by atoms with van der Waals surface area (Å²) in [5, 5.41) is 0. The van der Waals surface area contributed by atoms with Crippen molar-refractivity contribution in [3.63, 3.8) is 0 Å². The van der Waals surface area contributed by atoms with E-state index >= 15 is 0 Å². The van der Waals surface area contributed by atoms with E-state index in [1.54, 1.807) is 0 Å². The van der Waals surface area contributed by atoms with Gasteiger partial charge in [0.2, 0.25) is 0 Å². The minimum atomic E-state index is 0.561. The molecule has 1 aromatic rings. The Morgan fingerprint density at radius 1 is 1.29 bits per heavy atom. The molecule has 1 unspecified atom stereocenters. The van der Waals surface area contributed by atoms with E-state index in [0.717, 1.165) is 18.7 Å². The maximum atomic E-state index is 5.67. The molecule has 2 nitrogen and oxygen atoms in total. The highest BCUT2D eigenvalue weighted by Crippen LogP contribution is 2.37. The van der Waals surface area contributed by atoms with Gasteiger partial charge in [-0.3, -0.25) is 4.98 Å². The second-order valence-electron chi connectivity index (χ2n) is 5.61. The first kappa shape index (κ1) is 12.6. The Balaban J connectivity index is 2.52. The van der Waals surface area contributed by atoms with E-state index in [2.05, 4.69) is 38.7 Å². The summed E-state index contributed by atoms with van der Waals surface area (Å²) in [6, 6.07) is 2.18. The van der Waals surface area contributed by atoms with Gasteiger partial charge in [-0.15, -0.1) is 0 Å². The van der Waals surface area contributed by atoms with Gasteiger partial charge in [-0.05, 0) is 41.4 Å². The van der Waals surface area contributed by atoms with Crippen molar-refractivity contribution in [3.05, 3.63) is 29.1 Å². The summed E-state index contributed by atoms with van der Waals surface area (Å²) < 4.78 is 5.67. The van der Waals surface area contributed by atoms with Crippen LogP contribution in [0.2, 0.25) is 0 Å². The number of ether oxygens (including phenoxy) is 1. The van der Waals surface area contributed by atoms with E-state index in [4.69, 9.17) is 4.74 Å². The largest absolute Gasteiger partial charge is 0.375 e. The molecule has 2 heterocycles. The van der Waals surface area contributed by atoms with Crippen LogP contribution in [0.25, 0.3) is 0 Å². The van der Waals surface area contributed by atoms with Crippen molar-refractivity contribution in [2.45, 2.75) is 52.6 Å². The Labute approximate surface area is 104 Å². The lowest BCUT2D eigenvalue weighted by Crippen LogP contribution is -2.13. The van der Waals surface area contributed by atoms with Gasteiger partial charge in [-0.1, -0.05) is 27.7 Å². The predicted molar refractivity (Wildman–Crippen MR) is 70.2 cm³/mol. The molecule has 0 aromatic carbocycles. The molecular formula is C15H23NO. The van der Waals surface area contributed by atoms with Gasteiger partial charge in [0.1, 0.15) is 0 Å². The van der Waals surface area contributed by atoms with E-state index in [1.165, 1.54) is 11.1 Å². The van der Waals surface area contributed by atoms with Gasteiger partial charge in [0.15, 0.2) is 0 Å². The van der Waals surface area contributed by atoms with E-state index in [1.807, 2.05) is 6.20 Å². The Morgan fingerprint density at radius 2 is 2.06 bits per heavy atom. The molecule has 2 heteroatoms. The third-order valence-corrected chi connectivity index (χ3v) is 3.72. The van der Waals surface area contributed by atoms with Crippen LogP contribution in [-0.4, -0.2) is 11.6 Å². The van der Waals surface area contributed by atoms with Gasteiger partial charge in [0.25, 0.3) is 0 Å². The van der Waals surface area contributed by atoms with Crippen LogP contribution in [0.3, 0.4) is 0 Å². The van der Waals surface area contributed by atoms with Gasteiger partial charge in [0, 0.05) is 12.8 Å². The zero-order valence-electron chi connectivity index (χ0n) is 11.4. The molecule has 0 bridgehead atoms. The Bertz CT molecular complexity index is 385. The van der Waals surface area contributed by atoms with Crippen LogP contribution in [-0.2, 0) is 11.3 Å². The maximum absolute atomic E-state index is 5.67. The molecule has 0 amide bonds. The molecule has 17 heavy (non-hydrogen) atoms. The van der Waals surface area contributed by atoms with Crippen LogP contribution >= 0.6 is 0 Å². The molecule has 94 valence electrons. The number of aromatic nitrogens is 1. The van der Waals surface area contributed by atoms with Crippen molar-refractivity contribution in [1.82, 2.24) is 4.98 Å². The summed E-state index contributed by atoms with van der Waals surface area (Å²) in [7, 11) is 0. The lowest BCUT2D eigenvalue weighted by atomic mass is 9.80. The van der Waals surface area contributed by atoms with Gasteiger partial charge < -0.3 is 4.74 Å². The highest BCUT2D eigenvalue weighted by atomic mass is 16.5. The van der Waals surface area contributed by atoms with Crippen LogP contribution < -0.4 is 0 Å². The van der Waals surface area contributed by atoms with Gasteiger partial charge in [0.05, 0.1) is 12.3 Å². The quantitative estimate of drug-likeness (QED) is 0.773. The zero-order valence-corrected chi connectivity index (χ0v) is 11.4. The maximum Gasteiger partial charge on any atom is 0.0890 e. The van der Waals surface area contributed by atoms with Crippen molar-refractivity contribution in [2.24, 2.45) is 5.92 Å². The third-order valence-electron chi connectivity index (χ3n) is 3.72. The average Bonchev–Trinajstić information content (AvgIpc) is 2.50. The molecule has 1 aromatic heterocycles. The molecule has 0 saturated carbocycles. The molecule has 1 atom stereocenters. The van der Waals surface area contributed by atoms with Crippen LogP contribution in [0.5, 0.6) is 0 Å². The van der Waals surface area contributed by atoms with Gasteiger partial charge in [-0.25, -0.2) is 0 Å². The molecule has 0 spiro atoms. The average molecular weight is 233 g/mol. The summed E-state index contributed by atoms with van der Waals surface area (Å²) in [4.78, 5) is 4.53. The van der Waals surface area contributed by atoms with Crippen LogP contribution in [0.4, 0.5) is 0 Å². The number of rotatable bonds is 2. The molecule has 0 N–H and O–H groups in total. The first-order valence-electron chi connectivity index (χ1n) is 6.66. The van der Waals surface area contributed by atoms with Crippen molar-refractivity contribution in [2.75, 3.05) is 6.61 Å². The number of hydrogen-bond donors (Lipinski definition) is 0. The standard InChI is InChI=1S/C15H23NO/c1-10(2)12-5-7-16-14-9-17-8-6-13(11(3)4)15(12)14/h5,7,10-11,13H,6,8-9H2,1-4H3. The van der Waals surface area contributed by atoms with Crippen molar-refractivity contribution < 1.29 is 4.74 Å². The Hall–Kier alpha value is -0.890. The fourth-order valence-electron chi connectivity index (χ4n) is 2.77. The molecule has 0 radical (unpaired) electrons.